The number of para-hydroxylation sites is 1. The maximum Gasteiger partial charge on any atom is 0.167 e. The fourth-order valence-corrected chi connectivity index (χ4v) is 2.12. The Balaban J connectivity index is 2.26. The number of rotatable bonds is 5. The van der Waals surface area contributed by atoms with Crippen molar-refractivity contribution in [3.8, 4) is 11.5 Å². The number of halogens is 1. The molecule has 0 aliphatic heterocycles. The normalized spacial score (nSPS) is 11.5. The standard InChI is InChI=1S/C18H22FNO/c1-4-18(2,3)14-8-10-15(11-9-14)21-17-13(12-20)6-5-7-16(17)19/h5-11H,4,12,20H2,1-3H3. The van der Waals surface area contributed by atoms with Gasteiger partial charge in [0.15, 0.2) is 11.6 Å². The average molecular weight is 287 g/mol. The number of ether oxygens (including phenoxy) is 1. The first-order chi connectivity index (χ1) is 9.97. The molecule has 0 saturated heterocycles. The number of hydrogen-bond donors (Lipinski definition) is 1. The molecule has 2 aromatic rings. The SMILES string of the molecule is CCC(C)(C)c1ccc(Oc2c(F)cccc2CN)cc1. The third-order valence-corrected chi connectivity index (χ3v) is 4.01. The maximum atomic E-state index is 13.9. The van der Waals surface area contributed by atoms with E-state index in [0.717, 1.165) is 6.42 Å². The maximum absolute atomic E-state index is 13.9. The Morgan fingerprint density at radius 2 is 1.76 bits per heavy atom. The van der Waals surface area contributed by atoms with E-state index in [9.17, 15) is 4.39 Å². The van der Waals surface area contributed by atoms with Crippen LogP contribution in [0.3, 0.4) is 0 Å². The van der Waals surface area contributed by atoms with Gasteiger partial charge in [-0.1, -0.05) is 45.0 Å². The lowest BCUT2D eigenvalue weighted by Crippen LogP contribution is -2.14. The molecule has 21 heavy (non-hydrogen) atoms. The molecule has 3 heteroatoms. The molecule has 2 nitrogen and oxygen atoms in total. The Hall–Kier alpha value is -1.87. The zero-order valence-corrected chi connectivity index (χ0v) is 12.8. The Morgan fingerprint density at radius 1 is 1.10 bits per heavy atom. The second-order valence-corrected chi connectivity index (χ2v) is 5.80. The summed E-state index contributed by atoms with van der Waals surface area (Å²) >= 11 is 0. The third kappa shape index (κ3) is 3.42. The highest BCUT2D eigenvalue weighted by molar-refractivity contribution is 5.40. The van der Waals surface area contributed by atoms with Crippen LogP contribution >= 0.6 is 0 Å². The van der Waals surface area contributed by atoms with Gasteiger partial charge in [0.2, 0.25) is 0 Å². The monoisotopic (exact) mass is 287 g/mol. The van der Waals surface area contributed by atoms with Crippen LogP contribution in [0, 0.1) is 5.82 Å². The summed E-state index contributed by atoms with van der Waals surface area (Å²) in [6.07, 6.45) is 1.05. The Kier molecular flexibility index (Phi) is 4.63. The fraction of sp³-hybridized carbons (Fsp3) is 0.333. The first-order valence-electron chi connectivity index (χ1n) is 7.24. The van der Waals surface area contributed by atoms with Gasteiger partial charge in [-0.05, 0) is 35.6 Å². The van der Waals surface area contributed by atoms with Gasteiger partial charge in [-0.3, -0.25) is 0 Å². The van der Waals surface area contributed by atoms with Gasteiger partial charge in [-0.2, -0.15) is 0 Å². The predicted octanol–water partition coefficient (Wildman–Crippen LogP) is 4.76. The van der Waals surface area contributed by atoms with Gasteiger partial charge in [0.1, 0.15) is 5.75 Å². The van der Waals surface area contributed by atoms with Crippen LogP contribution in [0.2, 0.25) is 0 Å². The van der Waals surface area contributed by atoms with Gasteiger partial charge in [-0.15, -0.1) is 0 Å². The summed E-state index contributed by atoms with van der Waals surface area (Å²) in [6, 6.07) is 12.6. The molecule has 0 bridgehead atoms. The summed E-state index contributed by atoms with van der Waals surface area (Å²) in [5.41, 5.74) is 7.65. The predicted molar refractivity (Wildman–Crippen MR) is 84.1 cm³/mol. The van der Waals surface area contributed by atoms with Crippen LogP contribution in [-0.2, 0) is 12.0 Å². The minimum absolute atomic E-state index is 0.124. The van der Waals surface area contributed by atoms with Crippen molar-refractivity contribution in [1.29, 1.82) is 0 Å². The van der Waals surface area contributed by atoms with Crippen molar-refractivity contribution in [1.82, 2.24) is 0 Å². The molecular formula is C18H22FNO. The molecule has 112 valence electrons. The first-order valence-corrected chi connectivity index (χ1v) is 7.24. The van der Waals surface area contributed by atoms with Crippen LogP contribution in [0.15, 0.2) is 42.5 Å². The zero-order chi connectivity index (χ0) is 15.5. The van der Waals surface area contributed by atoms with E-state index < -0.39 is 5.82 Å². The van der Waals surface area contributed by atoms with Crippen LogP contribution in [0.4, 0.5) is 4.39 Å². The third-order valence-electron chi connectivity index (χ3n) is 4.01. The van der Waals surface area contributed by atoms with Crippen LogP contribution in [0.1, 0.15) is 38.3 Å². The second kappa shape index (κ2) is 6.27. The number of benzene rings is 2. The van der Waals surface area contributed by atoms with E-state index in [1.165, 1.54) is 11.6 Å². The van der Waals surface area contributed by atoms with E-state index in [4.69, 9.17) is 10.5 Å². The lowest BCUT2D eigenvalue weighted by Gasteiger charge is -2.23. The summed E-state index contributed by atoms with van der Waals surface area (Å²) in [7, 11) is 0. The fourth-order valence-electron chi connectivity index (χ4n) is 2.12. The van der Waals surface area contributed by atoms with Crippen molar-refractivity contribution in [2.45, 2.75) is 39.2 Å². The molecule has 0 heterocycles. The summed E-state index contributed by atoms with van der Waals surface area (Å²) in [5, 5.41) is 0. The van der Waals surface area contributed by atoms with E-state index in [-0.39, 0.29) is 17.7 Å². The largest absolute Gasteiger partial charge is 0.454 e. The Bertz CT molecular complexity index is 605. The minimum atomic E-state index is -0.393. The van der Waals surface area contributed by atoms with Gasteiger partial charge in [-0.25, -0.2) is 4.39 Å². The van der Waals surface area contributed by atoms with Crippen LogP contribution in [-0.4, -0.2) is 0 Å². The van der Waals surface area contributed by atoms with Crippen molar-refractivity contribution in [3.05, 3.63) is 59.4 Å². The molecule has 0 atom stereocenters. The molecule has 0 amide bonds. The highest BCUT2D eigenvalue weighted by Crippen LogP contribution is 2.31. The van der Waals surface area contributed by atoms with Crippen molar-refractivity contribution >= 4 is 0 Å². The summed E-state index contributed by atoms with van der Waals surface area (Å²) in [4.78, 5) is 0. The highest BCUT2D eigenvalue weighted by Gasteiger charge is 2.18. The second-order valence-electron chi connectivity index (χ2n) is 5.80. The highest BCUT2D eigenvalue weighted by atomic mass is 19.1. The van der Waals surface area contributed by atoms with E-state index >= 15 is 0 Å². The lowest BCUT2D eigenvalue weighted by molar-refractivity contribution is 0.435. The quantitative estimate of drug-likeness (QED) is 0.860. The van der Waals surface area contributed by atoms with Gasteiger partial charge >= 0.3 is 0 Å². The molecule has 0 aromatic heterocycles. The molecule has 0 saturated carbocycles. The van der Waals surface area contributed by atoms with Crippen LogP contribution < -0.4 is 10.5 Å². The summed E-state index contributed by atoms with van der Waals surface area (Å²) in [6.45, 7) is 6.81. The molecule has 2 rings (SSSR count). The minimum Gasteiger partial charge on any atom is -0.454 e. The smallest absolute Gasteiger partial charge is 0.167 e. The Morgan fingerprint density at radius 3 is 2.33 bits per heavy atom. The molecule has 0 radical (unpaired) electrons. The number of nitrogens with two attached hydrogens (primary N) is 1. The molecule has 0 unspecified atom stereocenters. The van der Waals surface area contributed by atoms with Crippen molar-refractivity contribution in [2.24, 2.45) is 5.73 Å². The van der Waals surface area contributed by atoms with E-state index in [2.05, 4.69) is 20.8 Å². The lowest BCUT2D eigenvalue weighted by atomic mass is 9.82. The van der Waals surface area contributed by atoms with Crippen LogP contribution in [0.5, 0.6) is 11.5 Å². The number of hydrogen-bond acceptors (Lipinski definition) is 2. The average Bonchev–Trinajstić information content (AvgIpc) is 2.50. The molecule has 0 aliphatic rings. The topological polar surface area (TPSA) is 35.2 Å². The molecule has 0 spiro atoms. The van der Waals surface area contributed by atoms with E-state index in [0.29, 0.717) is 11.3 Å². The van der Waals surface area contributed by atoms with Gasteiger partial charge in [0, 0.05) is 12.1 Å². The molecular weight excluding hydrogens is 265 g/mol. The zero-order valence-electron chi connectivity index (χ0n) is 12.8. The van der Waals surface area contributed by atoms with Gasteiger partial charge in [0.05, 0.1) is 0 Å². The van der Waals surface area contributed by atoms with Crippen molar-refractivity contribution in [2.75, 3.05) is 0 Å². The summed E-state index contributed by atoms with van der Waals surface area (Å²) in [5.74, 6) is 0.434. The summed E-state index contributed by atoms with van der Waals surface area (Å²) < 4.78 is 19.5. The van der Waals surface area contributed by atoms with Gasteiger partial charge < -0.3 is 10.5 Å². The molecule has 0 aliphatic carbocycles. The van der Waals surface area contributed by atoms with Crippen molar-refractivity contribution < 1.29 is 9.13 Å². The van der Waals surface area contributed by atoms with Crippen LogP contribution in [0.25, 0.3) is 0 Å². The molecule has 2 aromatic carbocycles. The van der Waals surface area contributed by atoms with E-state index in [1.54, 1.807) is 12.1 Å². The van der Waals surface area contributed by atoms with Gasteiger partial charge in [0.25, 0.3) is 0 Å². The molecule has 0 fully saturated rings. The molecule has 2 N–H and O–H groups in total. The van der Waals surface area contributed by atoms with Crippen molar-refractivity contribution in [3.63, 3.8) is 0 Å². The first kappa shape index (κ1) is 15.5. The Labute approximate surface area is 125 Å². The van der Waals surface area contributed by atoms with E-state index in [1.807, 2.05) is 24.3 Å².